The van der Waals surface area contributed by atoms with Crippen molar-refractivity contribution in [2.24, 2.45) is 0 Å². The van der Waals surface area contributed by atoms with Gasteiger partial charge in [0.1, 0.15) is 0 Å². The van der Waals surface area contributed by atoms with Gasteiger partial charge in [-0.25, -0.2) is 0 Å². The Morgan fingerprint density at radius 3 is 2.70 bits per heavy atom. The summed E-state index contributed by atoms with van der Waals surface area (Å²) in [5.74, 6) is 1.80. The SMILES string of the molecule is CCOc1ccc(C=c2sc3nc(-c4ccncc4)nn3c2=O)cc1OC. The smallest absolute Gasteiger partial charge is 0.291 e. The highest BCUT2D eigenvalue weighted by atomic mass is 32.1. The lowest BCUT2D eigenvalue weighted by Gasteiger charge is -2.09. The minimum atomic E-state index is -0.198. The van der Waals surface area contributed by atoms with Crippen LogP contribution in [0.4, 0.5) is 0 Å². The first-order valence-corrected chi connectivity index (χ1v) is 9.13. The van der Waals surface area contributed by atoms with E-state index in [1.807, 2.05) is 37.3 Å². The zero-order chi connectivity index (χ0) is 18.8. The predicted octanol–water partition coefficient (Wildman–Crippen LogP) is 2.17. The standard InChI is InChI=1S/C19H16N4O3S/c1-3-26-14-5-4-12(10-15(14)25-2)11-16-18(24)23-19(27-16)21-17(22-23)13-6-8-20-9-7-13/h4-11H,3H2,1-2H3. The molecule has 3 aromatic heterocycles. The van der Waals surface area contributed by atoms with Crippen LogP contribution < -0.4 is 19.6 Å². The summed E-state index contributed by atoms with van der Waals surface area (Å²) < 4.78 is 12.8. The van der Waals surface area contributed by atoms with Crippen molar-refractivity contribution in [3.63, 3.8) is 0 Å². The van der Waals surface area contributed by atoms with E-state index >= 15 is 0 Å². The third-order valence-corrected chi connectivity index (χ3v) is 4.86. The quantitative estimate of drug-likeness (QED) is 0.528. The summed E-state index contributed by atoms with van der Waals surface area (Å²) in [6.45, 7) is 2.47. The Hall–Kier alpha value is -3.26. The number of nitrogens with zero attached hydrogens (tertiary/aromatic N) is 4. The van der Waals surface area contributed by atoms with E-state index in [0.29, 0.717) is 33.4 Å². The molecule has 4 rings (SSSR count). The monoisotopic (exact) mass is 380 g/mol. The number of ether oxygens (including phenoxy) is 2. The normalized spacial score (nSPS) is 11.9. The number of rotatable bonds is 5. The van der Waals surface area contributed by atoms with Crippen molar-refractivity contribution in [2.45, 2.75) is 6.92 Å². The summed E-state index contributed by atoms with van der Waals surface area (Å²) in [5, 5.41) is 4.33. The Bertz CT molecular complexity index is 1200. The Morgan fingerprint density at radius 1 is 1.19 bits per heavy atom. The molecule has 0 bridgehead atoms. The highest BCUT2D eigenvalue weighted by molar-refractivity contribution is 7.15. The van der Waals surface area contributed by atoms with E-state index in [1.54, 1.807) is 25.6 Å². The molecule has 136 valence electrons. The molecule has 0 saturated carbocycles. The highest BCUT2D eigenvalue weighted by Crippen LogP contribution is 2.28. The molecule has 0 unspecified atom stereocenters. The molecule has 0 N–H and O–H groups in total. The van der Waals surface area contributed by atoms with Crippen LogP contribution in [-0.4, -0.2) is 33.3 Å². The maximum atomic E-state index is 12.7. The van der Waals surface area contributed by atoms with Crippen molar-refractivity contribution in [3.8, 4) is 22.9 Å². The molecule has 0 aliphatic heterocycles. The van der Waals surface area contributed by atoms with E-state index in [0.717, 1.165) is 11.1 Å². The molecule has 0 amide bonds. The summed E-state index contributed by atoms with van der Waals surface area (Å²) in [5.41, 5.74) is 1.46. The fourth-order valence-corrected chi connectivity index (χ4v) is 3.56. The fraction of sp³-hybridized carbons (Fsp3) is 0.158. The average Bonchev–Trinajstić information content (AvgIpc) is 3.24. The van der Waals surface area contributed by atoms with Gasteiger partial charge in [0.25, 0.3) is 5.56 Å². The molecular formula is C19H16N4O3S. The van der Waals surface area contributed by atoms with Crippen LogP contribution in [0.1, 0.15) is 12.5 Å². The minimum absolute atomic E-state index is 0.198. The Labute approximate surface area is 158 Å². The zero-order valence-corrected chi connectivity index (χ0v) is 15.6. The van der Waals surface area contributed by atoms with Gasteiger partial charge in [-0.2, -0.15) is 9.50 Å². The number of benzene rings is 1. The summed E-state index contributed by atoms with van der Waals surface area (Å²) in [7, 11) is 1.59. The van der Waals surface area contributed by atoms with E-state index in [4.69, 9.17) is 9.47 Å². The zero-order valence-electron chi connectivity index (χ0n) is 14.7. The van der Waals surface area contributed by atoms with Gasteiger partial charge in [0.15, 0.2) is 17.3 Å². The molecule has 4 aromatic rings. The number of thiazole rings is 1. The third-order valence-electron chi connectivity index (χ3n) is 3.91. The lowest BCUT2D eigenvalue weighted by Crippen LogP contribution is -2.23. The maximum absolute atomic E-state index is 12.7. The van der Waals surface area contributed by atoms with Crippen LogP contribution in [0.3, 0.4) is 0 Å². The van der Waals surface area contributed by atoms with E-state index < -0.39 is 0 Å². The van der Waals surface area contributed by atoms with Gasteiger partial charge in [-0.3, -0.25) is 9.78 Å². The molecule has 3 heterocycles. The molecule has 7 nitrogen and oxygen atoms in total. The molecule has 27 heavy (non-hydrogen) atoms. The van der Waals surface area contributed by atoms with E-state index in [-0.39, 0.29) is 5.56 Å². The molecule has 0 aliphatic rings. The number of hydrogen-bond acceptors (Lipinski definition) is 7. The second-order valence-corrected chi connectivity index (χ2v) is 6.63. The van der Waals surface area contributed by atoms with Crippen LogP contribution in [0.15, 0.2) is 47.5 Å². The summed E-state index contributed by atoms with van der Waals surface area (Å²) in [6.07, 6.45) is 5.13. The van der Waals surface area contributed by atoms with Crippen molar-refractivity contribution >= 4 is 22.4 Å². The van der Waals surface area contributed by atoms with Gasteiger partial charge in [-0.1, -0.05) is 17.4 Å². The first kappa shape index (κ1) is 17.2. The number of methoxy groups -OCH3 is 1. The van der Waals surface area contributed by atoms with E-state index in [2.05, 4.69) is 15.1 Å². The highest BCUT2D eigenvalue weighted by Gasteiger charge is 2.12. The van der Waals surface area contributed by atoms with Crippen LogP contribution in [0.2, 0.25) is 0 Å². The molecule has 0 aliphatic carbocycles. The van der Waals surface area contributed by atoms with Crippen LogP contribution >= 0.6 is 11.3 Å². The van der Waals surface area contributed by atoms with Gasteiger partial charge < -0.3 is 9.47 Å². The second kappa shape index (κ2) is 7.16. The van der Waals surface area contributed by atoms with Gasteiger partial charge in [0.2, 0.25) is 4.96 Å². The van der Waals surface area contributed by atoms with Crippen LogP contribution in [-0.2, 0) is 0 Å². The average molecular weight is 380 g/mol. The topological polar surface area (TPSA) is 78.6 Å². The van der Waals surface area contributed by atoms with Crippen LogP contribution in [0.5, 0.6) is 11.5 Å². The number of pyridine rings is 1. The largest absolute Gasteiger partial charge is 0.493 e. The molecule has 0 saturated heterocycles. The number of fused-ring (bicyclic) bond motifs is 1. The lowest BCUT2D eigenvalue weighted by atomic mass is 10.2. The lowest BCUT2D eigenvalue weighted by molar-refractivity contribution is 0.311. The molecule has 1 aromatic carbocycles. The Morgan fingerprint density at radius 2 is 2.00 bits per heavy atom. The molecule has 0 fully saturated rings. The Kier molecular flexibility index (Phi) is 4.55. The van der Waals surface area contributed by atoms with Crippen molar-refractivity contribution in [1.29, 1.82) is 0 Å². The van der Waals surface area contributed by atoms with Crippen LogP contribution in [0, 0.1) is 0 Å². The summed E-state index contributed by atoms with van der Waals surface area (Å²) >= 11 is 1.30. The van der Waals surface area contributed by atoms with Crippen molar-refractivity contribution in [3.05, 3.63) is 63.2 Å². The first-order chi connectivity index (χ1) is 13.2. The summed E-state index contributed by atoms with van der Waals surface area (Å²) in [6, 6.07) is 9.16. The van der Waals surface area contributed by atoms with Crippen molar-refractivity contribution in [1.82, 2.24) is 19.6 Å². The number of aromatic nitrogens is 4. The molecule has 8 heteroatoms. The van der Waals surface area contributed by atoms with Crippen LogP contribution in [0.25, 0.3) is 22.4 Å². The summed E-state index contributed by atoms with van der Waals surface area (Å²) in [4.78, 5) is 21.7. The van der Waals surface area contributed by atoms with E-state index in [1.165, 1.54) is 15.9 Å². The van der Waals surface area contributed by atoms with Gasteiger partial charge in [-0.05, 0) is 42.8 Å². The van der Waals surface area contributed by atoms with Gasteiger partial charge in [0.05, 0.1) is 18.2 Å². The van der Waals surface area contributed by atoms with Gasteiger partial charge in [0, 0.05) is 18.0 Å². The molecular weight excluding hydrogens is 364 g/mol. The Balaban J connectivity index is 1.75. The fourth-order valence-electron chi connectivity index (χ4n) is 2.66. The van der Waals surface area contributed by atoms with Gasteiger partial charge >= 0.3 is 0 Å². The molecule has 0 spiro atoms. The van der Waals surface area contributed by atoms with E-state index in [9.17, 15) is 4.79 Å². The third kappa shape index (κ3) is 3.26. The minimum Gasteiger partial charge on any atom is -0.493 e. The maximum Gasteiger partial charge on any atom is 0.291 e. The van der Waals surface area contributed by atoms with Crippen molar-refractivity contribution in [2.75, 3.05) is 13.7 Å². The molecule has 0 atom stereocenters. The predicted molar refractivity (Wildman–Crippen MR) is 103 cm³/mol. The van der Waals surface area contributed by atoms with Crippen molar-refractivity contribution < 1.29 is 9.47 Å². The number of hydrogen-bond donors (Lipinski definition) is 0. The van der Waals surface area contributed by atoms with Gasteiger partial charge in [-0.15, -0.1) is 5.10 Å². The molecule has 0 radical (unpaired) electrons. The first-order valence-electron chi connectivity index (χ1n) is 8.32. The second-order valence-electron chi connectivity index (χ2n) is 5.62.